The molecule has 1 saturated heterocycles. The minimum atomic E-state index is -0.438. The van der Waals surface area contributed by atoms with Gasteiger partial charge in [0.2, 0.25) is 5.82 Å². The predicted molar refractivity (Wildman–Crippen MR) is 72.5 cm³/mol. The molecule has 2 rings (SSSR count). The fourth-order valence-corrected chi connectivity index (χ4v) is 2.52. The summed E-state index contributed by atoms with van der Waals surface area (Å²) < 4.78 is 4.69. The minimum absolute atomic E-state index is 0.0238. The number of carbonyl (C=O) groups excluding carboxylic acids is 1. The topological polar surface area (TPSA) is 85.6 Å². The monoisotopic (exact) mass is 279 g/mol. The van der Waals surface area contributed by atoms with Gasteiger partial charge in [0.15, 0.2) is 0 Å². The van der Waals surface area contributed by atoms with E-state index in [-0.39, 0.29) is 24.1 Å². The van der Waals surface area contributed by atoms with Crippen molar-refractivity contribution in [1.29, 1.82) is 0 Å². The first kappa shape index (κ1) is 14.2. The smallest absolute Gasteiger partial charge is 0.311 e. The molecule has 1 aliphatic rings. The number of carbonyl (C=O) groups is 1. The second-order valence-electron chi connectivity index (χ2n) is 4.73. The number of aromatic nitrogens is 1. The van der Waals surface area contributed by atoms with Crippen molar-refractivity contribution in [1.82, 2.24) is 4.98 Å². The summed E-state index contributed by atoms with van der Waals surface area (Å²) in [4.78, 5) is 28.1. The van der Waals surface area contributed by atoms with Crippen LogP contribution in [0.5, 0.6) is 0 Å². The Morgan fingerprint density at radius 2 is 2.40 bits per heavy atom. The number of pyridine rings is 1. The molecule has 7 heteroatoms. The number of anilines is 1. The van der Waals surface area contributed by atoms with E-state index >= 15 is 0 Å². The molecule has 0 saturated carbocycles. The van der Waals surface area contributed by atoms with Gasteiger partial charge in [0.05, 0.1) is 18.5 Å². The van der Waals surface area contributed by atoms with Crippen LogP contribution in [0.1, 0.15) is 25.7 Å². The van der Waals surface area contributed by atoms with Crippen molar-refractivity contribution in [2.75, 3.05) is 18.6 Å². The van der Waals surface area contributed by atoms with Gasteiger partial charge in [-0.3, -0.25) is 14.9 Å². The normalized spacial score (nSPS) is 18.6. The van der Waals surface area contributed by atoms with E-state index in [2.05, 4.69) is 4.98 Å². The molecule has 1 fully saturated rings. The lowest BCUT2D eigenvalue weighted by atomic mass is 9.99. The predicted octanol–water partition coefficient (Wildman–Crippen LogP) is 1.91. The average molecular weight is 279 g/mol. The number of piperidine rings is 1. The fourth-order valence-electron chi connectivity index (χ4n) is 2.52. The van der Waals surface area contributed by atoms with E-state index < -0.39 is 4.92 Å². The molecule has 1 aliphatic heterocycles. The van der Waals surface area contributed by atoms with Gasteiger partial charge in [-0.05, 0) is 25.3 Å². The Kier molecular flexibility index (Phi) is 4.49. The van der Waals surface area contributed by atoms with Gasteiger partial charge in [0.25, 0.3) is 0 Å². The number of hydrogen-bond donors (Lipinski definition) is 0. The number of hydrogen-bond acceptors (Lipinski definition) is 6. The second-order valence-corrected chi connectivity index (χ2v) is 4.73. The summed E-state index contributed by atoms with van der Waals surface area (Å²) in [6, 6.07) is 2.89. The highest BCUT2D eigenvalue weighted by Gasteiger charge is 2.30. The summed E-state index contributed by atoms with van der Waals surface area (Å²) in [5, 5.41) is 11.1. The summed E-state index contributed by atoms with van der Waals surface area (Å²) >= 11 is 0. The van der Waals surface area contributed by atoms with Crippen molar-refractivity contribution in [2.45, 2.75) is 31.7 Å². The Bertz CT molecular complexity index is 506. The SMILES string of the molecule is COC(=O)CC1CCCCN1c1ncccc1[N+](=O)[O-]. The zero-order valence-electron chi connectivity index (χ0n) is 11.3. The summed E-state index contributed by atoms with van der Waals surface area (Å²) in [5.74, 6) is 0.0339. The third-order valence-corrected chi connectivity index (χ3v) is 3.49. The van der Waals surface area contributed by atoms with E-state index in [1.165, 1.54) is 19.4 Å². The van der Waals surface area contributed by atoms with Crippen molar-refractivity contribution < 1.29 is 14.5 Å². The van der Waals surface area contributed by atoms with Crippen molar-refractivity contribution in [3.05, 3.63) is 28.4 Å². The number of methoxy groups -OCH3 is 1. The van der Waals surface area contributed by atoms with E-state index in [0.29, 0.717) is 12.4 Å². The van der Waals surface area contributed by atoms with Crippen LogP contribution in [-0.4, -0.2) is 35.6 Å². The quantitative estimate of drug-likeness (QED) is 0.475. The highest BCUT2D eigenvalue weighted by atomic mass is 16.6. The molecule has 0 bridgehead atoms. The van der Waals surface area contributed by atoms with Crippen molar-refractivity contribution in [2.24, 2.45) is 0 Å². The Labute approximate surface area is 116 Å². The van der Waals surface area contributed by atoms with Gasteiger partial charge < -0.3 is 9.64 Å². The number of esters is 1. The van der Waals surface area contributed by atoms with Crippen molar-refractivity contribution in [3.63, 3.8) is 0 Å². The van der Waals surface area contributed by atoms with Crippen LogP contribution in [0.2, 0.25) is 0 Å². The lowest BCUT2D eigenvalue weighted by Gasteiger charge is -2.35. The Balaban J connectivity index is 2.28. The molecule has 0 aromatic carbocycles. The van der Waals surface area contributed by atoms with Crippen LogP contribution in [0.3, 0.4) is 0 Å². The highest BCUT2D eigenvalue weighted by Crippen LogP contribution is 2.31. The maximum absolute atomic E-state index is 11.5. The first-order valence-electron chi connectivity index (χ1n) is 6.56. The Morgan fingerprint density at radius 1 is 1.60 bits per heavy atom. The molecule has 1 aromatic rings. The van der Waals surface area contributed by atoms with E-state index in [0.717, 1.165) is 19.3 Å². The Morgan fingerprint density at radius 3 is 3.10 bits per heavy atom. The number of ether oxygens (including phenoxy) is 1. The van der Waals surface area contributed by atoms with Crippen LogP contribution >= 0.6 is 0 Å². The van der Waals surface area contributed by atoms with Crippen LogP contribution in [0.15, 0.2) is 18.3 Å². The van der Waals surface area contributed by atoms with E-state index in [1.54, 1.807) is 6.07 Å². The first-order valence-corrected chi connectivity index (χ1v) is 6.56. The van der Waals surface area contributed by atoms with E-state index in [9.17, 15) is 14.9 Å². The number of rotatable bonds is 4. The van der Waals surface area contributed by atoms with Gasteiger partial charge in [0.1, 0.15) is 0 Å². The van der Waals surface area contributed by atoms with Gasteiger partial charge in [0, 0.05) is 24.8 Å². The van der Waals surface area contributed by atoms with Gasteiger partial charge >= 0.3 is 11.7 Å². The zero-order chi connectivity index (χ0) is 14.5. The van der Waals surface area contributed by atoms with Crippen LogP contribution in [-0.2, 0) is 9.53 Å². The molecule has 0 radical (unpaired) electrons. The zero-order valence-corrected chi connectivity index (χ0v) is 11.3. The molecule has 1 atom stereocenters. The maximum Gasteiger partial charge on any atom is 0.311 e. The first-order chi connectivity index (χ1) is 9.63. The molecule has 7 nitrogen and oxygen atoms in total. The van der Waals surface area contributed by atoms with Crippen molar-refractivity contribution in [3.8, 4) is 0 Å². The van der Waals surface area contributed by atoms with Crippen LogP contribution in [0, 0.1) is 10.1 Å². The fraction of sp³-hybridized carbons (Fsp3) is 0.538. The van der Waals surface area contributed by atoms with Crippen LogP contribution in [0.4, 0.5) is 11.5 Å². The maximum atomic E-state index is 11.5. The van der Waals surface area contributed by atoms with Gasteiger partial charge in [-0.1, -0.05) is 0 Å². The Hall–Kier alpha value is -2.18. The van der Waals surface area contributed by atoms with Crippen molar-refractivity contribution >= 4 is 17.5 Å². The van der Waals surface area contributed by atoms with E-state index in [4.69, 9.17) is 4.74 Å². The molecule has 0 N–H and O–H groups in total. The molecule has 2 heterocycles. The molecule has 0 spiro atoms. The molecule has 1 unspecified atom stereocenters. The van der Waals surface area contributed by atoms with Crippen LogP contribution < -0.4 is 4.90 Å². The molecule has 20 heavy (non-hydrogen) atoms. The third-order valence-electron chi connectivity index (χ3n) is 3.49. The molecular formula is C13H17N3O4. The van der Waals surface area contributed by atoms with Crippen LogP contribution in [0.25, 0.3) is 0 Å². The summed E-state index contributed by atoms with van der Waals surface area (Å²) in [5.41, 5.74) is -0.0238. The molecular weight excluding hydrogens is 262 g/mol. The minimum Gasteiger partial charge on any atom is -0.469 e. The standard InChI is InChI=1S/C13H17N3O4/c1-20-12(17)9-10-5-2-3-8-15(10)13-11(16(18)19)6-4-7-14-13/h4,6-7,10H,2-3,5,8-9H2,1H3. The lowest BCUT2D eigenvalue weighted by Crippen LogP contribution is -2.41. The van der Waals surface area contributed by atoms with E-state index in [1.807, 2.05) is 4.90 Å². The largest absolute Gasteiger partial charge is 0.469 e. The third kappa shape index (κ3) is 3.04. The lowest BCUT2D eigenvalue weighted by molar-refractivity contribution is -0.384. The molecule has 1 aromatic heterocycles. The average Bonchev–Trinajstić information content (AvgIpc) is 2.47. The van der Waals surface area contributed by atoms with Gasteiger partial charge in [-0.25, -0.2) is 4.98 Å². The summed E-state index contributed by atoms with van der Waals surface area (Å²) in [7, 11) is 1.35. The molecule has 108 valence electrons. The van der Waals surface area contributed by atoms with Gasteiger partial charge in [-0.2, -0.15) is 0 Å². The number of nitrogens with zero attached hydrogens (tertiary/aromatic N) is 3. The summed E-state index contributed by atoms with van der Waals surface area (Å²) in [6.07, 6.45) is 4.50. The highest BCUT2D eigenvalue weighted by molar-refractivity contribution is 5.71. The molecule has 0 amide bonds. The van der Waals surface area contributed by atoms with Gasteiger partial charge in [-0.15, -0.1) is 0 Å². The molecule has 0 aliphatic carbocycles. The second kappa shape index (κ2) is 6.31. The summed E-state index contributed by atoms with van der Waals surface area (Å²) in [6.45, 7) is 0.666. The number of nitro groups is 1.